The molecule has 3 aromatic rings. The van der Waals surface area contributed by atoms with Gasteiger partial charge in [-0.15, -0.1) is 0 Å². The Morgan fingerprint density at radius 2 is 2.00 bits per heavy atom. The Morgan fingerprint density at radius 3 is 2.76 bits per heavy atom. The molecular weight excluding hydrogens is 430 g/mol. The molecule has 29 heavy (non-hydrogen) atoms. The van der Waals surface area contributed by atoms with E-state index < -0.39 is 0 Å². The van der Waals surface area contributed by atoms with Gasteiger partial charge in [-0.3, -0.25) is 0 Å². The summed E-state index contributed by atoms with van der Waals surface area (Å²) in [5.74, 6) is 1.53. The van der Waals surface area contributed by atoms with Crippen LogP contribution in [0.4, 0.5) is 0 Å². The fourth-order valence-electron chi connectivity index (χ4n) is 3.09. The van der Waals surface area contributed by atoms with Crippen LogP contribution in [0, 0.1) is 6.92 Å². The van der Waals surface area contributed by atoms with Crippen molar-refractivity contribution < 1.29 is 9.47 Å². The lowest BCUT2D eigenvalue weighted by molar-refractivity contribution is 0.268. The van der Waals surface area contributed by atoms with Crippen LogP contribution in [0.5, 0.6) is 11.5 Å². The lowest BCUT2D eigenvalue weighted by Crippen LogP contribution is -2.16. The zero-order valence-corrected chi connectivity index (χ0v) is 18.6. The van der Waals surface area contributed by atoms with Gasteiger partial charge in [0, 0.05) is 30.0 Å². The summed E-state index contributed by atoms with van der Waals surface area (Å²) >= 11 is 3.68. The Labute approximate surface area is 181 Å². The summed E-state index contributed by atoms with van der Waals surface area (Å²) in [4.78, 5) is 4.06. The Kier molecular flexibility index (Phi) is 8.14. The highest BCUT2D eigenvalue weighted by Crippen LogP contribution is 2.34. The predicted octanol–water partition coefficient (Wildman–Crippen LogP) is 5.11. The maximum atomic E-state index is 6.07. The topological polar surface area (TPSA) is 48.3 Å². The number of hydrogen-bond donors (Lipinski definition) is 1. The van der Waals surface area contributed by atoms with Crippen molar-refractivity contribution in [2.75, 3.05) is 13.2 Å². The van der Waals surface area contributed by atoms with E-state index in [0.717, 1.165) is 53.2 Å². The number of nitrogens with zero attached hydrogens (tertiary/aromatic N) is 2. The summed E-state index contributed by atoms with van der Waals surface area (Å²) in [7, 11) is 0. The summed E-state index contributed by atoms with van der Waals surface area (Å²) < 4.78 is 15.0. The number of imidazole rings is 1. The highest BCUT2D eigenvalue weighted by molar-refractivity contribution is 9.10. The standard InChI is InChI=1S/C23H28BrN3O2/c1-3-28-22-13-20(15-25-8-5-10-27-11-9-26-17-27)21(24)14-23(22)29-16-19-7-4-6-18(2)12-19/h4,6-7,9,11-14,17,25H,3,5,8,10,15-16H2,1-2H3. The first-order valence-electron chi connectivity index (χ1n) is 9.95. The van der Waals surface area contributed by atoms with Crippen molar-refractivity contribution in [1.29, 1.82) is 0 Å². The molecule has 0 aliphatic heterocycles. The Bertz CT molecular complexity index is 897. The fraction of sp³-hybridized carbons (Fsp3) is 0.348. The predicted molar refractivity (Wildman–Crippen MR) is 119 cm³/mol. The first kappa shape index (κ1) is 21.4. The minimum absolute atomic E-state index is 0.514. The highest BCUT2D eigenvalue weighted by atomic mass is 79.9. The van der Waals surface area contributed by atoms with E-state index in [-0.39, 0.29) is 0 Å². The van der Waals surface area contributed by atoms with Crippen LogP contribution < -0.4 is 14.8 Å². The smallest absolute Gasteiger partial charge is 0.162 e. The van der Waals surface area contributed by atoms with Crippen LogP contribution in [0.2, 0.25) is 0 Å². The number of ether oxygens (including phenoxy) is 2. The van der Waals surface area contributed by atoms with Crippen LogP contribution in [0.25, 0.3) is 0 Å². The Hall–Kier alpha value is -2.31. The van der Waals surface area contributed by atoms with E-state index in [1.54, 1.807) is 0 Å². The largest absolute Gasteiger partial charge is 0.490 e. The summed E-state index contributed by atoms with van der Waals surface area (Å²) in [6.45, 7) is 7.84. The minimum Gasteiger partial charge on any atom is -0.490 e. The van der Waals surface area contributed by atoms with E-state index in [0.29, 0.717) is 13.2 Å². The maximum Gasteiger partial charge on any atom is 0.162 e. The van der Waals surface area contributed by atoms with Gasteiger partial charge in [0.25, 0.3) is 0 Å². The molecule has 1 heterocycles. The Balaban J connectivity index is 1.57. The molecule has 0 radical (unpaired) electrons. The molecule has 0 spiro atoms. The second kappa shape index (κ2) is 11.0. The van der Waals surface area contributed by atoms with Gasteiger partial charge in [0.2, 0.25) is 0 Å². The number of aromatic nitrogens is 2. The number of benzene rings is 2. The zero-order chi connectivity index (χ0) is 20.5. The lowest BCUT2D eigenvalue weighted by Gasteiger charge is -2.16. The van der Waals surface area contributed by atoms with Crippen molar-refractivity contribution >= 4 is 15.9 Å². The molecule has 6 heteroatoms. The Morgan fingerprint density at radius 1 is 1.14 bits per heavy atom. The van der Waals surface area contributed by atoms with E-state index in [2.05, 4.69) is 68.1 Å². The molecule has 154 valence electrons. The van der Waals surface area contributed by atoms with Crippen molar-refractivity contribution in [1.82, 2.24) is 14.9 Å². The van der Waals surface area contributed by atoms with Crippen LogP contribution in [0.1, 0.15) is 30.0 Å². The normalized spacial score (nSPS) is 10.9. The summed E-state index contributed by atoms with van der Waals surface area (Å²) in [5.41, 5.74) is 3.53. The molecule has 1 aromatic heterocycles. The van der Waals surface area contributed by atoms with Crippen LogP contribution in [-0.4, -0.2) is 22.7 Å². The molecule has 3 rings (SSSR count). The molecule has 0 fully saturated rings. The van der Waals surface area contributed by atoms with Gasteiger partial charge < -0.3 is 19.4 Å². The number of hydrogen-bond acceptors (Lipinski definition) is 4. The SMILES string of the molecule is CCOc1cc(CNCCCn2ccnc2)c(Br)cc1OCc1cccc(C)c1. The van der Waals surface area contributed by atoms with Crippen LogP contribution in [0.3, 0.4) is 0 Å². The van der Waals surface area contributed by atoms with Crippen molar-refractivity contribution in [3.63, 3.8) is 0 Å². The molecule has 0 amide bonds. The lowest BCUT2D eigenvalue weighted by atomic mass is 10.1. The number of nitrogens with one attached hydrogen (secondary N) is 1. The van der Waals surface area contributed by atoms with E-state index >= 15 is 0 Å². The first-order chi connectivity index (χ1) is 14.2. The first-order valence-corrected chi connectivity index (χ1v) is 10.7. The van der Waals surface area contributed by atoms with E-state index in [1.807, 2.05) is 31.7 Å². The monoisotopic (exact) mass is 457 g/mol. The molecule has 0 atom stereocenters. The second-order valence-corrected chi connectivity index (χ2v) is 7.79. The van der Waals surface area contributed by atoms with E-state index in [4.69, 9.17) is 9.47 Å². The van der Waals surface area contributed by atoms with E-state index in [1.165, 1.54) is 5.56 Å². The van der Waals surface area contributed by atoms with Crippen LogP contribution >= 0.6 is 15.9 Å². The molecule has 1 N–H and O–H groups in total. The zero-order valence-electron chi connectivity index (χ0n) is 17.0. The number of halogens is 1. The highest BCUT2D eigenvalue weighted by Gasteiger charge is 2.11. The summed E-state index contributed by atoms with van der Waals surface area (Å²) in [5, 5.41) is 3.50. The molecule has 0 aliphatic carbocycles. The average molecular weight is 458 g/mol. The van der Waals surface area contributed by atoms with Crippen molar-refractivity contribution in [2.24, 2.45) is 0 Å². The van der Waals surface area contributed by atoms with Crippen molar-refractivity contribution in [2.45, 2.75) is 40.0 Å². The molecule has 0 saturated carbocycles. The number of rotatable bonds is 11. The van der Waals surface area contributed by atoms with Gasteiger partial charge in [-0.2, -0.15) is 0 Å². The van der Waals surface area contributed by atoms with Gasteiger partial charge in [-0.05, 0) is 50.1 Å². The minimum atomic E-state index is 0.514. The van der Waals surface area contributed by atoms with Crippen molar-refractivity contribution in [3.05, 3.63) is 76.3 Å². The molecule has 2 aromatic carbocycles. The molecule has 0 saturated heterocycles. The molecule has 5 nitrogen and oxygen atoms in total. The molecule has 0 bridgehead atoms. The van der Waals surface area contributed by atoms with Gasteiger partial charge in [0.15, 0.2) is 11.5 Å². The average Bonchev–Trinajstić information content (AvgIpc) is 3.22. The summed E-state index contributed by atoms with van der Waals surface area (Å²) in [6.07, 6.45) is 6.69. The third-order valence-electron chi connectivity index (χ3n) is 4.53. The molecule has 0 unspecified atom stereocenters. The second-order valence-electron chi connectivity index (χ2n) is 6.93. The van der Waals surface area contributed by atoms with Gasteiger partial charge in [0.05, 0.1) is 12.9 Å². The third-order valence-corrected chi connectivity index (χ3v) is 5.27. The maximum absolute atomic E-state index is 6.07. The summed E-state index contributed by atoms with van der Waals surface area (Å²) in [6, 6.07) is 12.4. The van der Waals surface area contributed by atoms with E-state index in [9.17, 15) is 0 Å². The van der Waals surface area contributed by atoms with Crippen LogP contribution in [0.15, 0.2) is 59.6 Å². The van der Waals surface area contributed by atoms with Gasteiger partial charge in [-0.1, -0.05) is 45.8 Å². The van der Waals surface area contributed by atoms with Gasteiger partial charge in [0.1, 0.15) is 6.61 Å². The third kappa shape index (κ3) is 6.61. The van der Waals surface area contributed by atoms with Gasteiger partial charge in [-0.25, -0.2) is 4.98 Å². The fourth-order valence-corrected chi connectivity index (χ4v) is 3.55. The quantitative estimate of drug-likeness (QED) is 0.406. The van der Waals surface area contributed by atoms with Crippen molar-refractivity contribution in [3.8, 4) is 11.5 Å². The van der Waals surface area contributed by atoms with Crippen LogP contribution in [-0.2, 0) is 19.7 Å². The van der Waals surface area contributed by atoms with Gasteiger partial charge >= 0.3 is 0 Å². The molecular formula is C23H28BrN3O2. The molecule has 0 aliphatic rings. The number of aryl methyl sites for hydroxylation is 2.